The molecule has 0 bridgehead atoms. The quantitative estimate of drug-likeness (QED) is 0.863. The summed E-state index contributed by atoms with van der Waals surface area (Å²) in [5, 5.41) is 7.83. The van der Waals surface area contributed by atoms with Gasteiger partial charge < -0.3 is 5.32 Å². The number of fused-ring (bicyclic) bond motifs is 1. The van der Waals surface area contributed by atoms with Crippen molar-refractivity contribution < 1.29 is 4.79 Å². The predicted octanol–water partition coefficient (Wildman–Crippen LogP) is 1.42. The average Bonchev–Trinajstić information content (AvgIpc) is 2.47. The normalized spacial score (nSPS) is 10.6. The Bertz CT molecular complexity index is 769. The van der Waals surface area contributed by atoms with E-state index in [-0.39, 0.29) is 29.6 Å². The van der Waals surface area contributed by atoms with E-state index < -0.39 is 0 Å². The summed E-state index contributed by atoms with van der Waals surface area (Å²) in [7, 11) is 0. The predicted molar refractivity (Wildman–Crippen MR) is 82.0 cm³/mol. The van der Waals surface area contributed by atoms with Crippen LogP contribution in [0.3, 0.4) is 0 Å². The topological polar surface area (TPSA) is 64.0 Å². The molecule has 0 radical (unpaired) electrons. The lowest BCUT2D eigenvalue weighted by atomic mass is 10.1. The van der Waals surface area contributed by atoms with Crippen LogP contribution in [0.25, 0.3) is 10.8 Å². The summed E-state index contributed by atoms with van der Waals surface area (Å²) in [6, 6.07) is 6.96. The molecule has 0 unspecified atom stereocenters. The highest BCUT2D eigenvalue weighted by atomic mass is 16.2. The van der Waals surface area contributed by atoms with E-state index in [4.69, 9.17) is 6.42 Å². The second-order valence-corrected chi connectivity index (χ2v) is 5.16. The molecule has 0 aliphatic heterocycles. The van der Waals surface area contributed by atoms with Gasteiger partial charge in [0.2, 0.25) is 0 Å². The van der Waals surface area contributed by atoms with Crippen molar-refractivity contribution in [2.75, 3.05) is 6.54 Å². The Morgan fingerprint density at radius 3 is 2.67 bits per heavy atom. The van der Waals surface area contributed by atoms with Crippen molar-refractivity contribution in [2.45, 2.75) is 20.4 Å². The molecule has 1 aromatic heterocycles. The number of aromatic nitrogens is 2. The van der Waals surface area contributed by atoms with Gasteiger partial charge in [-0.15, -0.1) is 6.42 Å². The maximum absolute atomic E-state index is 12.4. The van der Waals surface area contributed by atoms with E-state index in [0.717, 1.165) is 0 Å². The smallest absolute Gasteiger partial charge is 0.274 e. The van der Waals surface area contributed by atoms with Gasteiger partial charge in [-0.1, -0.05) is 38.0 Å². The van der Waals surface area contributed by atoms with Gasteiger partial charge >= 0.3 is 0 Å². The summed E-state index contributed by atoms with van der Waals surface area (Å²) in [5.41, 5.74) is 0.0360. The molecule has 1 heterocycles. The number of hydrogen-bond donors (Lipinski definition) is 1. The number of rotatable bonds is 4. The van der Waals surface area contributed by atoms with E-state index in [0.29, 0.717) is 17.3 Å². The fourth-order valence-corrected chi connectivity index (χ4v) is 2.09. The van der Waals surface area contributed by atoms with E-state index >= 15 is 0 Å². The molecule has 108 valence electrons. The zero-order valence-corrected chi connectivity index (χ0v) is 12.1. The molecule has 2 aromatic rings. The van der Waals surface area contributed by atoms with Gasteiger partial charge in [0.05, 0.1) is 11.9 Å². The van der Waals surface area contributed by atoms with Gasteiger partial charge in [0.25, 0.3) is 11.5 Å². The van der Waals surface area contributed by atoms with Gasteiger partial charge in [0.1, 0.15) is 0 Å². The van der Waals surface area contributed by atoms with Crippen LogP contribution in [-0.2, 0) is 6.54 Å². The van der Waals surface area contributed by atoms with Crippen LogP contribution in [0.2, 0.25) is 0 Å². The molecule has 2 rings (SSSR count). The summed E-state index contributed by atoms with van der Waals surface area (Å²) in [6.45, 7) is 4.56. The monoisotopic (exact) mass is 283 g/mol. The Labute approximate surface area is 123 Å². The van der Waals surface area contributed by atoms with Gasteiger partial charge in [-0.05, 0) is 12.0 Å². The van der Waals surface area contributed by atoms with Crippen LogP contribution in [0, 0.1) is 18.3 Å². The third-order valence-electron chi connectivity index (χ3n) is 2.97. The molecule has 0 atom stereocenters. The Morgan fingerprint density at radius 2 is 2.05 bits per heavy atom. The van der Waals surface area contributed by atoms with Gasteiger partial charge in [0, 0.05) is 11.9 Å². The summed E-state index contributed by atoms with van der Waals surface area (Å²) in [6.07, 6.45) is 5.15. The number of terminal acetylenes is 1. The lowest BCUT2D eigenvalue weighted by Gasteiger charge is -2.12. The zero-order chi connectivity index (χ0) is 15.4. The largest absolute Gasteiger partial charge is 0.340 e. The molecule has 0 spiro atoms. The number of hydrogen-bond acceptors (Lipinski definition) is 3. The first-order chi connectivity index (χ1) is 10.0. The first-order valence-corrected chi connectivity index (χ1v) is 6.76. The van der Waals surface area contributed by atoms with Crippen molar-refractivity contribution in [1.82, 2.24) is 15.1 Å². The molecule has 0 saturated heterocycles. The summed E-state index contributed by atoms with van der Waals surface area (Å²) >= 11 is 0. The van der Waals surface area contributed by atoms with Crippen LogP contribution in [0.15, 0.2) is 29.1 Å². The van der Waals surface area contributed by atoms with E-state index in [9.17, 15) is 9.59 Å². The molecular weight excluding hydrogens is 266 g/mol. The van der Waals surface area contributed by atoms with Crippen LogP contribution in [0.1, 0.15) is 24.3 Å². The van der Waals surface area contributed by atoms with Crippen molar-refractivity contribution >= 4 is 16.7 Å². The molecular formula is C16H17N3O2. The lowest BCUT2D eigenvalue weighted by molar-refractivity contribution is 0.0953. The molecule has 0 aliphatic carbocycles. The van der Waals surface area contributed by atoms with Crippen molar-refractivity contribution in [3.63, 3.8) is 0 Å². The van der Waals surface area contributed by atoms with E-state index in [1.165, 1.54) is 4.68 Å². The second-order valence-electron chi connectivity index (χ2n) is 5.16. The second kappa shape index (κ2) is 6.23. The first kappa shape index (κ1) is 14.8. The zero-order valence-electron chi connectivity index (χ0n) is 12.1. The summed E-state index contributed by atoms with van der Waals surface area (Å²) in [5.74, 6) is 2.22. The number of benzene rings is 1. The minimum absolute atomic E-state index is 0.123. The minimum Gasteiger partial charge on any atom is -0.340 e. The highest BCUT2D eigenvalue weighted by Gasteiger charge is 2.16. The van der Waals surface area contributed by atoms with E-state index in [1.54, 1.807) is 24.3 Å². The Morgan fingerprint density at radius 1 is 1.38 bits per heavy atom. The highest BCUT2D eigenvalue weighted by molar-refractivity contribution is 6.04. The van der Waals surface area contributed by atoms with Crippen molar-refractivity contribution in [3.8, 4) is 12.3 Å². The Balaban J connectivity index is 2.63. The molecule has 0 fully saturated rings. The SMILES string of the molecule is C#CCNC(=O)c1nn(CC(C)C)c(=O)c2ccccc12. The number of nitrogens with zero attached hydrogens (tertiary/aromatic N) is 2. The molecule has 5 heteroatoms. The first-order valence-electron chi connectivity index (χ1n) is 6.76. The molecule has 1 N–H and O–H groups in total. The molecule has 5 nitrogen and oxygen atoms in total. The fraction of sp³-hybridized carbons (Fsp3) is 0.312. The van der Waals surface area contributed by atoms with Crippen molar-refractivity contribution in [2.24, 2.45) is 5.92 Å². The minimum atomic E-state index is -0.373. The maximum atomic E-state index is 12.4. The Hall–Kier alpha value is -2.61. The van der Waals surface area contributed by atoms with Crippen LogP contribution >= 0.6 is 0 Å². The standard InChI is InChI=1S/C16H17N3O2/c1-4-9-17-15(20)14-12-7-5-6-8-13(12)16(21)19(18-14)10-11(2)3/h1,5-8,11H,9-10H2,2-3H3,(H,17,20). The molecule has 1 amide bonds. The van der Waals surface area contributed by atoms with Gasteiger partial charge in [-0.2, -0.15) is 5.10 Å². The lowest BCUT2D eigenvalue weighted by Crippen LogP contribution is -2.31. The summed E-state index contributed by atoms with van der Waals surface area (Å²) < 4.78 is 1.35. The Kier molecular flexibility index (Phi) is 4.39. The summed E-state index contributed by atoms with van der Waals surface area (Å²) in [4.78, 5) is 24.6. The number of amides is 1. The van der Waals surface area contributed by atoms with Gasteiger partial charge in [-0.3, -0.25) is 9.59 Å². The molecule has 0 saturated carbocycles. The number of carbonyl (C=O) groups is 1. The van der Waals surface area contributed by atoms with Crippen LogP contribution in [0.4, 0.5) is 0 Å². The van der Waals surface area contributed by atoms with E-state index in [2.05, 4.69) is 16.3 Å². The van der Waals surface area contributed by atoms with Crippen molar-refractivity contribution in [1.29, 1.82) is 0 Å². The van der Waals surface area contributed by atoms with Crippen LogP contribution in [-0.4, -0.2) is 22.2 Å². The fourth-order valence-electron chi connectivity index (χ4n) is 2.09. The van der Waals surface area contributed by atoms with Crippen molar-refractivity contribution in [3.05, 3.63) is 40.3 Å². The van der Waals surface area contributed by atoms with Gasteiger partial charge in [-0.25, -0.2) is 4.68 Å². The molecule has 21 heavy (non-hydrogen) atoms. The third kappa shape index (κ3) is 3.11. The maximum Gasteiger partial charge on any atom is 0.274 e. The molecule has 1 aromatic carbocycles. The number of nitrogens with one attached hydrogen (secondary N) is 1. The van der Waals surface area contributed by atoms with Crippen LogP contribution in [0.5, 0.6) is 0 Å². The highest BCUT2D eigenvalue weighted by Crippen LogP contribution is 2.13. The molecule has 0 aliphatic rings. The van der Waals surface area contributed by atoms with E-state index in [1.807, 2.05) is 13.8 Å². The third-order valence-corrected chi connectivity index (χ3v) is 2.97. The van der Waals surface area contributed by atoms with Crippen LogP contribution < -0.4 is 10.9 Å². The average molecular weight is 283 g/mol. The van der Waals surface area contributed by atoms with Gasteiger partial charge in [0.15, 0.2) is 5.69 Å². The number of carbonyl (C=O) groups excluding carboxylic acids is 1.